The van der Waals surface area contributed by atoms with Crippen molar-refractivity contribution >= 4 is 21.8 Å². The van der Waals surface area contributed by atoms with Crippen LogP contribution in [0.1, 0.15) is 37.2 Å². The summed E-state index contributed by atoms with van der Waals surface area (Å²) in [6.07, 6.45) is 4.10. The molecule has 1 fully saturated rings. The normalized spacial score (nSPS) is 20.0. The number of H-pyrrole nitrogens is 1. The van der Waals surface area contributed by atoms with Crippen LogP contribution in [-0.2, 0) is 0 Å². The third-order valence-electron chi connectivity index (χ3n) is 3.50. The third-order valence-corrected chi connectivity index (χ3v) is 3.96. The van der Waals surface area contributed by atoms with Crippen LogP contribution in [0.2, 0.25) is 0 Å². The molecule has 1 aromatic heterocycles. The zero-order chi connectivity index (χ0) is 13.8. The van der Waals surface area contributed by atoms with Crippen molar-refractivity contribution in [3.8, 4) is 0 Å². The van der Waals surface area contributed by atoms with E-state index in [4.69, 9.17) is 0 Å². The van der Waals surface area contributed by atoms with Crippen molar-refractivity contribution in [2.24, 2.45) is 5.92 Å². The molecule has 2 N–H and O–H groups in total. The highest BCUT2D eigenvalue weighted by atomic mass is 79.9. The maximum Gasteiger partial charge on any atom is 0.270 e. The van der Waals surface area contributed by atoms with E-state index in [2.05, 4.69) is 40.1 Å². The molecule has 2 heterocycles. The Kier molecular flexibility index (Phi) is 5.05. The van der Waals surface area contributed by atoms with E-state index >= 15 is 0 Å². The van der Waals surface area contributed by atoms with E-state index in [1.807, 2.05) is 11.0 Å². The fraction of sp³-hybridized carbons (Fsp3) is 0.643. The molecule has 1 unspecified atom stereocenters. The molecule has 106 valence electrons. The van der Waals surface area contributed by atoms with Crippen molar-refractivity contribution in [3.63, 3.8) is 0 Å². The molecular weight excluding hydrogens is 306 g/mol. The lowest BCUT2D eigenvalue weighted by molar-refractivity contribution is 0.0667. The van der Waals surface area contributed by atoms with Crippen molar-refractivity contribution in [2.45, 2.75) is 32.7 Å². The van der Waals surface area contributed by atoms with Gasteiger partial charge in [-0.05, 0) is 47.3 Å². The first kappa shape index (κ1) is 14.6. The molecule has 0 bridgehead atoms. The number of nitrogens with one attached hydrogen (secondary N) is 2. The van der Waals surface area contributed by atoms with Crippen LogP contribution in [-0.4, -0.2) is 41.5 Å². The molecule has 1 aromatic rings. The van der Waals surface area contributed by atoms with Crippen molar-refractivity contribution < 1.29 is 4.79 Å². The van der Waals surface area contributed by atoms with E-state index in [-0.39, 0.29) is 5.91 Å². The van der Waals surface area contributed by atoms with Gasteiger partial charge in [0.05, 0.1) is 0 Å². The van der Waals surface area contributed by atoms with Crippen molar-refractivity contribution in [3.05, 3.63) is 22.4 Å². The second-order valence-corrected chi connectivity index (χ2v) is 6.47. The first-order chi connectivity index (χ1) is 9.06. The van der Waals surface area contributed by atoms with Crippen LogP contribution < -0.4 is 5.32 Å². The highest BCUT2D eigenvalue weighted by Crippen LogP contribution is 2.19. The van der Waals surface area contributed by atoms with Gasteiger partial charge in [-0.1, -0.05) is 13.8 Å². The smallest absolute Gasteiger partial charge is 0.270 e. The summed E-state index contributed by atoms with van der Waals surface area (Å²) in [5.74, 6) is 0.679. The van der Waals surface area contributed by atoms with Crippen LogP contribution in [0.25, 0.3) is 0 Å². The average Bonchev–Trinajstić information content (AvgIpc) is 2.82. The Morgan fingerprint density at radius 3 is 3.05 bits per heavy atom. The molecule has 0 spiro atoms. The zero-order valence-electron chi connectivity index (χ0n) is 11.6. The van der Waals surface area contributed by atoms with Crippen molar-refractivity contribution in [2.75, 3.05) is 19.6 Å². The standard InChI is InChI=1S/C14H22BrN3O/c1-10(2)16-7-11-4-3-5-18(9-11)14(19)13-6-12(15)8-17-13/h6,8,10-11,16-17H,3-5,7,9H2,1-2H3. The van der Waals surface area contributed by atoms with Gasteiger partial charge in [-0.3, -0.25) is 4.79 Å². The summed E-state index contributed by atoms with van der Waals surface area (Å²) < 4.78 is 0.922. The van der Waals surface area contributed by atoms with Crippen LogP contribution >= 0.6 is 15.9 Å². The Morgan fingerprint density at radius 2 is 2.42 bits per heavy atom. The van der Waals surface area contributed by atoms with Gasteiger partial charge in [0.25, 0.3) is 5.91 Å². The number of aromatic amines is 1. The number of halogens is 1. The van der Waals surface area contributed by atoms with E-state index in [1.165, 1.54) is 6.42 Å². The van der Waals surface area contributed by atoms with Crippen LogP contribution in [0.4, 0.5) is 0 Å². The maximum atomic E-state index is 12.4. The summed E-state index contributed by atoms with van der Waals surface area (Å²) in [7, 11) is 0. The van der Waals surface area contributed by atoms with Gasteiger partial charge in [-0.25, -0.2) is 0 Å². The lowest BCUT2D eigenvalue weighted by Crippen LogP contribution is -2.43. The van der Waals surface area contributed by atoms with Gasteiger partial charge in [0.2, 0.25) is 0 Å². The van der Waals surface area contributed by atoms with Crippen LogP contribution in [0, 0.1) is 5.92 Å². The fourth-order valence-electron chi connectivity index (χ4n) is 2.48. The Hall–Kier alpha value is -0.810. The van der Waals surface area contributed by atoms with E-state index in [9.17, 15) is 4.79 Å². The highest BCUT2D eigenvalue weighted by Gasteiger charge is 2.25. The lowest BCUT2D eigenvalue weighted by atomic mass is 9.97. The minimum Gasteiger partial charge on any atom is -0.356 e. The second kappa shape index (κ2) is 6.57. The SMILES string of the molecule is CC(C)NCC1CCCN(C(=O)c2cc(Br)c[nH]2)C1. The first-order valence-electron chi connectivity index (χ1n) is 6.93. The predicted molar refractivity (Wildman–Crippen MR) is 80.3 cm³/mol. The number of carbonyl (C=O) groups is 1. The number of likely N-dealkylation sites (tertiary alicyclic amines) is 1. The predicted octanol–water partition coefficient (Wildman–Crippen LogP) is 2.63. The average molecular weight is 328 g/mol. The van der Waals surface area contributed by atoms with Crippen molar-refractivity contribution in [1.29, 1.82) is 0 Å². The molecule has 1 amide bonds. The number of aromatic nitrogens is 1. The maximum absolute atomic E-state index is 12.4. The van der Waals surface area contributed by atoms with Crippen LogP contribution in [0.5, 0.6) is 0 Å². The van der Waals surface area contributed by atoms with Gasteiger partial charge in [0.15, 0.2) is 0 Å². The largest absolute Gasteiger partial charge is 0.356 e. The quantitative estimate of drug-likeness (QED) is 0.893. The van der Waals surface area contributed by atoms with Gasteiger partial charge >= 0.3 is 0 Å². The van der Waals surface area contributed by atoms with Gasteiger partial charge < -0.3 is 15.2 Å². The zero-order valence-corrected chi connectivity index (χ0v) is 13.2. The summed E-state index contributed by atoms with van der Waals surface area (Å²) in [5.41, 5.74) is 0.671. The molecule has 0 radical (unpaired) electrons. The van der Waals surface area contributed by atoms with Crippen LogP contribution in [0.15, 0.2) is 16.7 Å². The molecule has 1 atom stereocenters. The summed E-state index contributed by atoms with van der Waals surface area (Å²) in [4.78, 5) is 17.3. The molecule has 19 heavy (non-hydrogen) atoms. The Balaban J connectivity index is 1.91. The van der Waals surface area contributed by atoms with Gasteiger partial charge in [-0.2, -0.15) is 0 Å². The molecule has 5 heteroatoms. The van der Waals surface area contributed by atoms with Crippen molar-refractivity contribution in [1.82, 2.24) is 15.2 Å². The number of amides is 1. The number of nitrogens with zero attached hydrogens (tertiary/aromatic N) is 1. The Labute approximate surface area is 123 Å². The molecular formula is C14H22BrN3O. The topological polar surface area (TPSA) is 48.1 Å². The molecule has 0 aliphatic carbocycles. The number of rotatable bonds is 4. The van der Waals surface area contributed by atoms with Gasteiger partial charge in [-0.15, -0.1) is 0 Å². The monoisotopic (exact) mass is 327 g/mol. The van der Waals surface area contributed by atoms with Gasteiger partial charge in [0.1, 0.15) is 5.69 Å². The lowest BCUT2D eigenvalue weighted by Gasteiger charge is -2.33. The Morgan fingerprint density at radius 1 is 1.63 bits per heavy atom. The summed E-state index contributed by atoms with van der Waals surface area (Å²) >= 11 is 3.37. The van der Waals surface area contributed by atoms with Crippen LogP contribution in [0.3, 0.4) is 0 Å². The summed E-state index contributed by atoms with van der Waals surface area (Å²) in [6, 6.07) is 2.35. The molecule has 0 aromatic carbocycles. The summed E-state index contributed by atoms with van der Waals surface area (Å²) in [5, 5.41) is 3.47. The third kappa shape index (κ3) is 4.08. The summed E-state index contributed by atoms with van der Waals surface area (Å²) in [6.45, 7) is 7.03. The number of hydrogen-bond acceptors (Lipinski definition) is 2. The van der Waals surface area contributed by atoms with E-state index in [0.29, 0.717) is 17.7 Å². The fourth-order valence-corrected chi connectivity index (χ4v) is 2.82. The van der Waals surface area contributed by atoms with E-state index < -0.39 is 0 Å². The molecule has 1 saturated heterocycles. The second-order valence-electron chi connectivity index (χ2n) is 5.55. The molecule has 0 saturated carbocycles. The van der Waals surface area contributed by atoms with E-state index in [1.54, 1.807) is 6.20 Å². The first-order valence-corrected chi connectivity index (χ1v) is 7.72. The highest BCUT2D eigenvalue weighted by molar-refractivity contribution is 9.10. The van der Waals surface area contributed by atoms with E-state index in [0.717, 1.165) is 30.5 Å². The number of hydrogen-bond donors (Lipinski definition) is 2. The molecule has 4 nitrogen and oxygen atoms in total. The minimum absolute atomic E-state index is 0.111. The molecule has 2 rings (SSSR count). The Bertz CT molecular complexity index is 430. The minimum atomic E-state index is 0.111. The molecule has 1 aliphatic heterocycles. The number of piperidine rings is 1. The molecule has 1 aliphatic rings. The number of carbonyl (C=O) groups excluding carboxylic acids is 1. The van der Waals surface area contributed by atoms with Gasteiger partial charge in [0, 0.05) is 29.8 Å².